The quantitative estimate of drug-likeness (QED) is 0.0222. The van der Waals surface area contributed by atoms with Gasteiger partial charge < -0.3 is 33.8 Å². The van der Waals surface area contributed by atoms with Crippen LogP contribution in [0.15, 0.2) is 0 Å². The number of esters is 4. The first-order valence-electron chi connectivity index (χ1n) is 44.4. The van der Waals surface area contributed by atoms with Crippen molar-refractivity contribution < 1.29 is 80.2 Å². The number of rotatable bonds is 84. The van der Waals surface area contributed by atoms with E-state index in [1.165, 1.54) is 263 Å². The van der Waals surface area contributed by atoms with Gasteiger partial charge in [-0.15, -0.1) is 0 Å². The molecule has 0 rings (SSSR count). The molecule has 0 aromatic carbocycles. The number of hydrogen-bond acceptors (Lipinski definition) is 15. The van der Waals surface area contributed by atoms with E-state index in [0.29, 0.717) is 25.7 Å². The first-order valence-corrected chi connectivity index (χ1v) is 47.4. The molecule has 0 aliphatic carbocycles. The van der Waals surface area contributed by atoms with Crippen molar-refractivity contribution >= 4 is 39.5 Å². The molecule has 19 heteroatoms. The fourth-order valence-corrected chi connectivity index (χ4v) is 14.9. The van der Waals surface area contributed by atoms with Crippen LogP contribution in [-0.4, -0.2) is 96.7 Å². The van der Waals surface area contributed by atoms with Crippen LogP contribution in [0.2, 0.25) is 0 Å². The summed E-state index contributed by atoms with van der Waals surface area (Å²) in [5, 5.41) is 10.7. The third kappa shape index (κ3) is 77.2. The maximum atomic E-state index is 13.1. The summed E-state index contributed by atoms with van der Waals surface area (Å²) in [5.74, 6) is 0.309. The molecule has 0 spiro atoms. The summed E-state index contributed by atoms with van der Waals surface area (Å²) < 4.78 is 68.9. The van der Waals surface area contributed by atoms with Crippen LogP contribution < -0.4 is 0 Å². The molecule has 17 nitrogen and oxygen atoms in total. The van der Waals surface area contributed by atoms with Crippen molar-refractivity contribution in [3.63, 3.8) is 0 Å². The Bertz CT molecular complexity index is 2030. The molecule has 0 aliphatic heterocycles. The molecule has 0 saturated carbocycles. The van der Waals surface area contributed by atoms with E-state index in [1.54, 1.807) is 0 Å². The minimum atomic E-state index is -4.97. The Morgan fingerprint density at radius 3 is 0.724 bits per heavy atom. The average Bonchev–Trinajstić information content (AvgIpc) is 0.905. The summed E-state index contributed by atoms with van der Waals surface area (Å²) in [6, 6.07) is 0. The molecule has 0 aliphatic rings. The van der Waals surface area contributed by atoms with Crippen molar-refractivity contribution in [2.24, 2.45) is 17.8 Å². The largest absolute Gasteiger partial charge is 0.472 e. The predicted molar refractivity (Wildman–Crippen MR) is 432 cm³/mol. The molecule has 0 aromatic heterocycles. The minimum Gasteiger partial charge on any atom is -0.462 e. The highest BCUT2D eigenvalue weighted by atomic mass is 31.2. The van der Waals surface area contributed by atoms with Gasteiger partial charge in [-0.05, 0) is 43.4 Å². The summed E-state index contributed by atoms with van der Waals surface area (Å²) in [6.07, 6.45) is 66.5. The van der Waals surface area contributed by atoms with E-state index in [9.17, 15) is 43.2 Å². The number of hydrogen-bond donors (Lipinski definition) is 3. The molecule has 4 unspecified atom stereocenters. The Balaban J connectivity index is 5.25. The SMILES string of the molecule is CCCCCCCCCCCCCCCCCCCC(=O)OC[C@H](COP(=O)(O)OC[C@@H](O)COP(=O)(O)OC[C@@H](COC(=O)CCCCCCCCCCC(C)CC)OC(=O)CCCCCCCCCCCCCC(C)C)OC(=O)CCCCCCCCCCCCCCCCCCCCC(C)CC. The van der Waals surface area contributed by atoms with Gasteiger partial charge >= 0.3 is 39.5 Å². The number of aliphatic hydroxyl groups excluding tert-OH is 1. The second-order valence-corrected chi connectivity index (χ2v) is 34.8. The van der Waals surface area contributed by atoms with Crippen LogP contribution in [0.4, 0.5) is 0 Å². The van der Waals surface area contributed by atoms with E-state index >= 15 is 0 Å². The van der Waals surface area contributed by atoms with Gasteiger partial charge in [0.2, 0.25) is 0 Å². The fourth-order valence-electron chi connectivity index (χ4n) is 13.3. The standard InChI is InChI=1S/C86H168O17P2/c1-8-11-12-13-14-15-16-17-18-21-25-28-33-38-46-53-60-67-83(88)96-73-81(102-85(90)69-62-55-48-39-34-29-26-23-20-19-22-24-27-32-37-44-51-58-65-78(6)9-2)75-100-104(92,93)98-71-80(87)72-99-105(94,95)101-76-82(74-97-84(89)68-61-54-47-42-41-45-52-59-66-79(7)10-3)103-86(91)70-63-56-49-40-35-30-31-36-43-50-57-64-77(4)5/h77-82,87H,8-76H2,1-7H3,(H,92,93)(H,94,95)/t78?,79?,80-,81-,82-/m1/s1. The number of phosphoric acid groups is 2. The van der Waals surface area contributed by atoms with Gasteiger partial charge in [-0.1, -0.05) is 402 Å². The molecule has 7 atom stereocenters. The predicted octanol–water partition coefficient (Wildman–Crippen LogP) is 26.1. The van der Waals surface area contributed by atoms with Gasteiger partial charge in [0.1, 0.15) is 19.3 Å². The Kier molecular flexibility index (Phi) is 74.7. The van der Waals surface area contributed by atoms with Crippen LogP contribution >= 0.6 is 15.6 Å². The van der Waals surface area contributed by atoms with E-state index in [-0.39, 0.29) is 25.7 Å². The number of phosphoric ester groups is 2. The average molecular weight is 1540 g/mol. The third-order valence-corrected chi connectivity index (χ3v) is 22.8. The van der Waals surface area contributed by atoms with Crippen molar-refractivity contribution in [2.45, 2.75) is 471 Å². The van der Waals surface area contributed by atoms with Crippen LogP contribution in [0.1, 0.15) is 453 Å². The molecular formula is C86H168O17P2. The van der Waals surface area contributed by atoms with Crippen LogP contribution in [0.5, 0.6) is 0 Å². The molecule has 0 radical (unpaired) electrons. The lowest BCUT2D eigenvalue weighted by molar-refractivity contribution is -0.161. The zero-order valence-corrected chi connectivity index (χ0v) is 71.0. The smallest absolute Gasteiger partial charge is 0.462 e. The molecular weight excluding hydrogens is 1370 g/mol. The van der Waals surface area contributed by atoms with Gasteiger partial charge in [0, 0.05) is 25.7 Å². The fraction of sp³-hybridized carbons (Fsp3) is 0.953. The summed E-state index contributed by atoms with van der Waals surface area (Å²) in [7, 11) is -9.93. The molecule has 3 N–H and O–H groups in total. The topological polar surface area (TPSA) is 237 Å². The lowest BCUT2D eigenvalue weighted by atomic mass is 9.99. The highest BCUT2D eigenvalue weighted by Gasteiger charge is 2.30. The Hall–Kier alpha value is -1.94. The third-order valence-electron chi connectivity index (χ3n) is 20.9. The maximum absolute atomic E-state index is 13.1. The Morgan fingerprint density at radius 1 is 0.276 bits per heavy atom. The summed E-state index contributed by atoms with van der Waals surface area (Å²) >= 11 is 0. The monoisotopic (exact) mass is 1540 g/mol. The lowest BCUT2D eigenvalue weighted by Gasteiger charge is -2.21. The van der Waals surface area contributed by atoms with Crippen molar-refractivity contribution in [1.29, 1.82) is 0 Å². The number of aliphatic hydroxyl groups is 1. The van der Waals surface area contributed by atoms with Crippen molar-refractivity contribution in [2.75, 3.05) is 39.6 Å². The lowest BCUT2D eigenvalue weighted by Crippen LogP contribution is -2.30. The molecule has 0 bridgehead atoms. The highest BCUT2D eigenvalue weighted by Crippen LogP contribution is 2.45. The summed E-state index contributed by atoms with van der Waals surface area (Å²) in [4.78, 5) is 73.2. The Labute approximate surface area is 645 Å². The van der Waals surface area contributed by atoms with Crippen LogP contribution in [0, 0.1) is 17.8 Å². The van der Waals surface area contributed by atoms with Gasteiger partial charge in [-0.25, -0.2) is 9.13 Å². The first kappa shape index (κ1) is 103. The van der Waals surface area contributed by atoms with E-state index in [0.717, 1.165) is 108 Å². The number of unbranched alkanes of at least 4 members (excludes halogenated alkanes) is 50. The number of carbonyl (C=O) groups excluding carboxylic acids is 4. The number of ether oxygens (including phenoxy) is 4. The van der Waals surface area contributed by atoms with Gasteiger partial charge in [-0.3, -0.25) is 37.3 Å². The zero-order valence-electron chi connectivity index (χ0n) is 69.2. The molecule has 0 amide bonds. The van der Waals surface area contributed by atoms with E-state index in [1.807, 2.05) is 0 Å². The Morgan fingerprint density at radius 2 is 0.486 bits per heavy atom. The minimum absolute atomic E-state index is 0.106. The van der Waals surface area contributed by atoms with Crippen molar-refractivity contribution in [3.8, 4) is 0 Å². The summed E-state index contributed by atoms with van der Waals surface area (Å²) in [5.41, 5.74) is 0. The van der Waals surface area contributed by atoms with Crippen molar-refractivity contribution in [1.82, 2.24) is 0 Å². The van der Waals surface area contributed by atoms with Crippen LogP contribution in [0.3, 0.4) is 0 Å². The first-order chi connectivity index (χ1) is 50.8. The molecule has 105 heavy (non-hydrogen) atoms. The van der Waals surface area contributed by atoms with Gasteiger partial charge in [-0.2, -0.15) is 0 Å². The molecule has 0 aromatic rings. The molecule has 0 heterocycles. The van der Waals surface area contributed by atoms with Gasteiger partial charge in [0.15, 0.2) is 12.2 Å². The van der Waals surface area contributed by atoms with E-state index < -0.39 is 97.5 Å². The van der Waals surface area contributed by atoms with E-state index in [2.05, 4.69) is 48.5 Å². The van der Waals surface area contributed by atoms with Crippen LogP contribution in [-0.2, 0) is 65.4 Å². The van der Waals surface area contributed by atoms with Gasteiger partial charge in [0.05, 0.1) is 26.4 Å². The normalized spacial score (nSPS) is 14.4. The maximum Gasteiger partial charge on any atom is 0.472 e. The zero-order chi connectivity index (χ0) is 77.2. The molecule has 0 fully saturated rings. The van der Waals surface area contributed by atoms with E-state index in [4.69, 9.17) is 37.0 Å². The molecule has 624 valence electrons. The van der Waals surface area contributed by atoms with Crippen LogP contribution in [0.25, 0.3) is 0 Å². The summed E-state index contributed by atoms with van der Waals surface area (Å²) in [6.45, 7) is 12.0. The molecule has 0 saturated heterocycles. The second-order valence-electron chi connectivity index (χ2n) is 31.9. The van der Waals surface area contributed by atoms with Gasteiger partial charge in [0.25, 0.3) is 0 Å². The van der Waals surface area contributed by atoms with Crippen molar-refractivity contribution in [3.05, 3.63) is 0 Å². The number of carbonyl (C=O) groups is 4. The highest BCUT2D eigenvalue weighted by molar-refractivity contribution is 7.47. The second kappa shape index (κ2) is 76.1.